The lowest BCUT2D eigenvalue weighted by Gasteiger charge is -2.11. The maximum atomic E-state index is 5.76. The molecule has 0 aliphatic heterocycles. The predicted octanol–water partition coefficient (Wildman–Crippen LogP) is 3.07. The number of thioether (sulfide) groups is 1. The van der Waals surface area contributed by atoms with Gasteiger partial charge in [-0.05, 0) is 31.2 Å². The van der Waals surface area contributed by atoms with Gasteiger partial charge in [0.15, 0.2) is 0 Å². The number of para-hydroxylation sites is 1. The van der Waals surface area contributed by atoms with Gasteiger partial charge < -0.3 is 4.74 Å². The van der Waals surface area contributed by atoms with Gasteiger partial charge in [0.05, 0.1) is 0 Å². The number of ether oxygens (including phenoxy) is 1. The van der Waals surface area contributed by atoms with Crippen molar-refractivity contribution in [1.82, 2.24) is 0 Å². The van der Waals surface area contributed by atoms with E-state index in [0.29, 0.717) is 6.61 Å². The quantitative estimate of drug-likeness (QED) is 0.580. The van der Waals surface area contributed by atoms with Gasteiger partial charge in [0.1, 0.15) is 17.4 Å². The molecule has 0 fully saturated rings. The molecule has 82 valence electrons. The molecule has 1 rings (SSSR count). The van der Waals surface area contributed by atoms with Crippen molar-refractivity contribution in [2.24, 2.45) is 4.99 Å². The van der Waals surface area contributed by atoms with Gasteiger partial charge in [-0.25, -0.2) is 0 Å². The minimum atomic E-state index is 0.559. The van der Waals surface area contributed by atoms with Crippen LogP contribution in [-0.4, -0.2) is 25.0 Å². The van der Waals surface area contributed by atoms with E-state index in [1.54, 1.807) is 18.8 Å². The Bertz CT molecular complexity index is 340. The first-order valence-electron chi connectivity index (χ1n) is 4.87. The zero-order chi connectivity index (χ0) is 11.3. The van der Waals surface area contributed by atoms with Crippen LogP contribution in [0.15, 0.2) is 23.2 Å². The maximum Gasteiger partial charge on any atom is 0.136 e. The molecule has 1 aromatic rings. The fourth-order valence-electron chi connectivity index (χ4n) is 1.38. The molecule has 0 atom stereocenters. The lowest BCUT2D eigenvalue weighted by molar-refractivity contribution is 0.373. The summed E-state index contributed by atoms with van der Waals surface area (Å²) in [5.74, 6) is 0.979. The summed E-state index contributed by atoms with van der Waals surface area (Å²) in [5, 5.41) is 1.01. The third-order valence-electron chi connectivity index (χ3n) is 2.23. The van der Waals surface area contributed by atoms with E-state index in [2.05, 4.69) is 31.0 Å². The molecule has 0 saturated heterocycles. The van der Waals surface area contributed by atoms with Gasteiger partial charge >= 0.3 is 0 Å². The molecule has 0 bridgehead atoms. The predicted molar refractivity (Wildman–Crippen MR) is 68.3 cm³/mol. The van der Waals surface area contributed by atoms with E-state index in [9.17, 15) is 0 Å². The van der Waals surface area contributed by atoms with Crippen molar-refractivity contribution in [3.8, 4) is 5.75 Å². The summed E-state index contributed by atoms with van der Waals surface area (Å²) in [4.78, 5) is 4.14. The molecular formula is C12H17NOS. The third-order valence-corrected chi connectivity index (χ3v) is 3.01. The molecule has 3 heteroatoms. The Hall–Kier alpha value is -0.960. The van der Waals surface area contributed by atoms with E-state index in [0.717, 1.165) is 10.8 Å². The molecule has 0 aliphatic rings. The SMILES string of the molecule is CN=C(COc1c(C)cccc1C)SC. The van der Waals surface area contributed by atoms with Crippen molar-refractivity contribution in [3.63, 3.8) is 0 Å². The van der Waals surface area contributed by atoms with Crippen molar-refractivity contribution in [1.29, 1.82) is 0 Å². The Morgan fingerprint density at radius 3 is 2.40 bits per heavy atom. The normalized spacial score (nSPS) is 11.6. The Morgan fingerprint density at radius 1 is 1.33 bits per heavy atom. The summed E-state index contributed by atoms with van der Waals surface area (Å²) in [7, 11) is 1.79. The molecule has 15 heavy (non-hydrogen) atoms. The Labute approximate surface area is 95.8 Å². The van der Waals surface area contributed by atoms with Crippen LogP contribution >= 0.6 is 11.8 Å². The molecule has 2 nitrogen and oxygen atoms in total. The first-order valence-corrected chi connectivity index (χ1v) is 6.10. The van der Waals surface area contributed by atoms with Crippen LogP contribution in [-0.2, 0) is 0 Å². The Kier molecular flexibility index (Phi) is 4.69. The van der Waals surface area contributed by atoms with E-state index in [-0.39, 0.29) is 0 Å². The third kappa shape index (κ3) is 3.27. The van der Waals surface area contributed by atoms with E-state index < -0.39 is 0 Å². The number of hydrogen-bond acceptors (Lipinski definition) is 3. The highest BCUT2D eigenvalue weighted by molar-refractivity contribution is 8.13. The van der Waals surface area contributed by atoms with Crippen LogP contribution in [0.3, 0.4) is 0 Å². The fraction of sp³-hybridized carbons (Fsp3) is 0.417. The monoisotopic (exact) mass is 223 g/mol. The lowest BCUT2D eigenvalue weighted by Crippen LogP contribution is -2.08. The second kappa shape index (κ2) is 5.81. The van der Waals surface area contributed by atoms with Crippen molar-refractivity contribution in [3.05, 3.63) is 29.3 Å². The molecule has 0 spiro atoms. The summed E-state index contributed by atoms with van der Waals surface area (Å²) in [5.41, 5.74) is 2.35. The van der Waals surface area contributed by atoms with Crippen molar-refractivity contribution < 1.29 is 4.74 Å². The van der Waals surface area contributed by atoms with E-state index >= 15 is 0 Å². The summed E-state index contributed by atoms with van der Waals surface area (Å²) in [6.45, 7) is 4.68. The second-order valence-electron chi connectivity index (χ2n) is 3.33. The van der Waals surface area contributed by atoms with Gasteiger partial charge in [-0.15, -0.1) is 11.8 Å². The van der Waals surface area contributed by atoms with Crippen LogP contribution in [0.4, 0.5) is 0 Å². The number of hydrogen-bond donors (Lipinski definition) is 0. The van der Waals surface area contributed by atoms with Gasteiger partial charge in [0.2, 0.25) is 0 Å². The van der Waals surface area contributed by atoms with Crippen molar-refractivity contribution in [2.45, 2.75) is 13.8 Å². The molecule has 0 heterocycles. The average molecular weight is 223 g/mol. The zero-order valence-electron chi connectivity index (χ0n) is 9.70. The van der Waals surface area contributed by atoms with Gasteiger partial charge in [0, 0.05) is 7.05 Å². The molecule has 0 aromatic heterocycles. The highest BCUT2D eigenvalue weighted by Gasteiger charge is 2.04. The molecular weight excluding hydrogens is 206 g/mol. The summed E-state index contributed by atoms with van der Waals surface area (Å²) < 4.78 is 5.76. The minimum absolute atomic E-state index is 0.559. The fourth-order valence-corrected chi connectivity index (χ4v) is 1.73. The largest absolute Gasteiger partial charge is 0.486 e. The molecule has 0 radical (unpaired) electrons. The molecule has 0 saturated carbocycles. The number of aliphatic imine (C=N–C) groups is 1. The minimum Gasteiger partial charge on any atom is -0.486 e. The first kappa shape index (κ1) is 12.1. The van der Waals surface area contributed by atoms with Crippen LogP contribution < -0.4 is 4.74 Å². The van der Waals surface area contributed by atoms with Crippen LogP contribution in [0.2, 0.25) is 0 Å². The van der Waals surface area contributed by atoms with Gasteiger partial charge in [-0.3, -0.25) is 4.99 Å². The van der Waals surface area contributed by atoms with Gasteiger partial charge in [-0.1, -0.05) is 18.2 Å². The zero-order valence-corrected chi connectivity index (χ0v) is 10.5. The maximum absolute atomic E-state index is 5.76. The molecule has 0 unspecified atom stereocenters. The Balaban J connectivity index is 2.73. The summed E-state index contributed by atoms with van der Waals surface area (Å²) in [6.07, 6.45) is 2.01. The van der Waals surface area contributed by atoms with E-state index in [4.69, 9.17) is 4.74 Å². The number of benzene rings is 1. The standard InChI is InChI=1S/C12H17NOS/c1-9-6-5-7-10(2)12(9)14-8-11(13-3)15-4/h5-7H,8H2,1-4H3. The lowest BCUT2D eigenvalue weighted by atomic mass is 10.1. The van der Waals surface area contributed by atoms with Crippen LogP contribution in [0.25, 0.3) is 0 Å². The average Bonchev–Trinajstić information content (AvgIpc) is 2.23. The van der Waals surface area contributed by atoms with Crippen LogP contribution in [0, 0.1) is 13.8 Å². The number of aryl methyl sites for hydroxylation is 2. The van der Waals surface area contributed by atoms with Crippen LogP contribution in [0.1, 0.15) is 11.1 Å². The van der Waals surface area contributed by atoms with Crippen molar-refractivity contribution >= 4 is 16.8 Å². The highest BCUT2D eigenvalue weighted by atomic mass is 32.2. The van der Waals surface area contributed by atoms with Crippen LogP contribution in [0.5, 0.6) is 5.75 Å². The van der Waals surface area contributed by atoms with Gasteiger partial charge in [-0.2, -0.15) is 0 Å². The van der Waals surface area contributed by atoms with E-state index in [1.165, 1.54) is 11.1 Å². The van der Waals surface area contributed by atoms with Crippen molar-refractivity contribution in [2.75, 3.05) is 19.9 Å². The summed E-state index contributed by atoms with van der Waals surface area (Å²) >= 11 is 1.63. The molecule has 0 amide bonds. The van der Waals surface area contributed by atoms with E-state index in [1.807, 2.05) is 12.3 Å². The topological polar surface area (TPSA) is 21.6 Å². The Morgan fingerprint density at radius 2 is 1.93 bits per heavy atom. The molecule has 0 aliphatic carbocycles. The molecule has 0 N–H and O–H groups in total. The number of rotatable bonds is 3. The smallest absolute Gasteiger partial charge is 0.136 e. The first-order chi connectivity index (χ1) is 7.19. The highest BCUT2D eigenvalue weighted by Crippen LogP contribution is 2.22. The number of nitrogens with zero attached hydrogens (tertiary/aromatic N) is 1. The second-order valence-corrected chi connectivity index (χ2v) is 4.21. The molecule has 1 aromatic carbocycles. The van der Waals surface area contributed by atoms with Gasteiger partial charge in [0.25, 0.3) is 0 Å². The summed E-state index contributed by atoms with van der Waals surface area (Å²) in [6, 6.07) is 6.16.